The summed E-state index contributed by atoms with van der Waals surface area (Å²) >= 11 is 0. The molecule has 4 nitrogen and oxygen atoms in total. The molecule has 1 N–H and O–H groups in total. The lowest BCUT2D eigenvalue weighted by Crippen LogP contribution is -2.43. The zero-order chi connectivity index (χ0) is 17.4. The SMILES string of the molecule is O=C(c1ccc(CO)c(F)c1)N1CCC2(CCc3ccccc3O2)C1. The molecule has 0 saturated carbocycles. The van der Waals surface area contributed by atoms with Crippen molar-refractivity contribution in [3.8, 4) is 5.75 Å². The molecule has 0 aromatic heterocycles. The van der Waals surface area contributed by atoms with Crippen molar-refractivity contribution in [2.75, 3.05) is 13.1 Å². The summed E-state index contributed by atoms with van der Waals surface area (Å²) in [6, 6.07) is 12.3. The Kier molecular flexibility index (Phi) is 3.96. The van der Waals surface area contributed by atoms with Crippen LogP contribution in [0.3, 0.4) is 0 Å². The number of hydrogen-bond donors (Lipinski definition) is 1. The number of carbonyl (C=O) groups excluding carboxylic acids is 1. The molecule has 0 aliphatic carbocycles. The van der Waals surface area contributed by atoms with Gasteiger partial charge in [0.05, 0.1) is 13.2 Å². The van der Waals surface area contributed by atoms with Gasteiger partial charge in [0.1, 0.15) is 17.2 Å². The molecule has 2 heterocycles. The van der Waals surface area contributed by atoms with E-state index in [-0.39, 0.29) is 23.7 Å². The van der Waals surface area contributed by atoms with Crippen LogP contribution in [0, 0.1) is 5.82 Å². The van der Waals surface area contributed by atoms with Gasteiger partial charge in [-0.15, -0.1) is 0 Å². The Balaban J connectivity index is 1.51. The van der Waals surface area contributed by atoms with Gasteiger partial charge in [-0.1, -0.05) is 24.3 Å². The van der Waals surface area contributed by atoms with Crippen LogP contribution >= 0.6 is 0 Å². The molecule has 1 saturated heterocycles. The lowest BCUT2D eigenvalue weighted by atomic mass is 9.90. The number of rotatable bonds is 2. The van der Waals surface area contributed by atoms with Crippen LogP contribution in [-0.4, -0.2) is 34.6 Å². The second-order valence-electron chi connectivity index (χ2n) is 6.83. The van der Waals surface area contributed by atoms with Crippen LogP contribution < -0.4 is 4.74 Å². The summed E-state index contributed by atoms with van der Waals surface area (Å²) < 4.78 is 20.1. The van der Waals surface area contributed by atoms with Gasteiger partial charge in [-0.25, -0.2) is 4.39 Å². The Morgan fingerprint density at radius 1 is 1.24 bits per heavy atom. The van der Waals surface area contributed by atoms with Crippen LogP contribution in [0.15, 0.2) is 42.5 Å². The lowest BCUT2D eigenvalue weighted by molar-refractivity contribution is 0.0484. The summed E-state index contributed by atoms with van der Waals surface area (Å²) in [5.74, 6) is 0.161. The van der Waals surface area contributed by atoms with E-state index in [1.54, 1.807) is 11.0 Å². The first kappa shape index (κ1) is 16.1. The Labute approximate surface area is 145 Å². The van der Waals surface area contributed by atoms with Crippen LogP contribution in [0.5, 0.6) is 5.75 Å². The fourth-order valence-electron chi connectivity index (χ4n) is 3.75. The number of ether oxygens (including phenoxy) is 1. The normalized spacial score (nSPS) is 21.9. The first-order chi connectivity index (χ1) is 12.1. The molecule has 1 fully saturated rings. The van der Waals surface area contributed by atoms with Gasteiger partial charge in [0, 0.05) is 24.1 Å². The van der Waals surface area contributed by atoms with Crippen LogP contribution in [0.1, 0.15) is 34.3 Å². The van der Waals surface area contributed by atoms with Crippen molar-refractivity contribution in [1.29, 1.82) is 0 Å². The van der Waals surface area contributed by atoms with Gasteiger partial charge >= 0.3 is 0 Å². The van der Waals surface area contributed by atoms with E-state index in [2.05, 4.69) is 6.07 Å². The van der Waals surface area contributed by atoms with Gasteiger partial charge in [-0.05, 0) is 36.6 Å². The van der Waals surface area contributed by atoms with Crippen molar-refractivity contribution < 1.29 is 19.0 Å². The zero-order valence-corrected chi connectivity index (χ0v) is 13.9. The van der Waals surface area contributed by atoms with Gasteiger partial charge in [0.25, 0.3) is 5.91 Å². The number of hydrogen-bond acceptors (Lipinski definition) is 3. The number of benzene rings is 2. The van der Waals surface area contributed by atoms with Gasteiger partial charge < -0.3 is 14.7 Å². The highest BCUT2D eigenvalue weighted by atomic mass is 19.1. The topological polar surface area (TPSA) is 49.8 Å². The number of aliphatic hydroxyl groups excluding tert-OH is 1. The number of likely N-dealkylation sites (tertiary alicyclic amines) is 1. The average Bonchev–Trinajstić information content (AvgIpc) is 3.04. The number of fused-ring (bicyclic) bond motifs is 1. The Hall–Kier alpha value is -2.40. The quantitative estimate of drug-likeness (QED) is 0.914. The van der Waals surface area contributed by atoms with Crippen LogP contribution in [0.2, 0.25) is 0 Å². The van der Waals surface area contributed by atoms with E-state index in [0.717, 1.165) is 25.0 Å². The predicted molar refractivity (Wildman–Crippen MR) is 91.0 cm³/mol. The molecule has 2 aromatic carbocycles. The van der Waals surface area contributed by atoms with E-state index in [1.165, 1.54) is 17.7 Å². The monoisotopic (exact) mass is 341 g/mol. The Morgan fingerprint density at radius 2 is 2.08 bits per heavy atom. The van der Waals surface area contributed by atoms with Crippen molar-refractivity contribution >= 4 is 5.91 Å². The smallest absolute Gasteiger partial charge is 0.254 e. The maximum atomic E-state index is 13.9. The van der Waals surface area contributed by atoms with E-state index < -0.39 is 5.82 Å². The third-order valence-electron chi connectivity index (χ3n) is 5.22. The predicted octanol–water partition coefficient (Wildman–Crippen LogP) is 2.93. The molecule has 2 aromatic rings. The summed E-state index contributed by atoms with van der Waals surface area (Å²) in [6.07, 6.45) is 2.61. The van der Waals surface area contributed by atoms with Gasteiger partial charge in [0.15, 0.2) is 0 Å². The molecule has 130 valence electrons. The molecule has 1 atom stereocenters. The van der Waals surface area contributed by atoms with Crippen molar-refractivity contribution in [1.82, 2.24) is 4.90 Å². The number of aryl methyl sites for hydroxylation is 1. The number of halogens is 1. The van der Waals surface area contributed by atoms with Gasteiger partial charge in [-0.3, -0.25) is 4.79 Å². The van der Waals surface area contributed by atoms with Crippen molar-refractivity contribution in [2.24, 2.45) is 0 Å². The lowest BCUT2D eigenvalue weighted by Gasteiger charge is -2.35. The molecule has 0 bridgehead atoms. The summed E-state index contributed by atoms with van der Waals surface area (Å²) in [5.41, 5.74) is 1.37. The van der Waals surface area contributed by atoms with E-state index in [0.29, 0.717) is 18.7 Å². The van der Waals surface area contributed by atoms with Crippen LogP contribution in [0.25, 0.3) is 0 Å². The third-order valence-corrected chi connectivity index (χ3v) is 5.22. The fraction of sp³-hybridized carbons (Fsp3) is 0.350. The molecule has 1 unspecified atom stereocenters. The molecular formula is C20H20FNO3. The molecule has 25 heavy (non-hydrogen) atoms. The highest BCUT2D eigenvalue weighted by molar-refractivity contribution is 5.94. The van der Waals surface area contributed by atoms with E-state index >= 15 is 0 Å². The third kappa shape index (κ3) is 2.89. The summed E-state index contributed by atoms with van der Waals surface area (Å²) in [5, 5.41) is 9.05. The van der Waals surface area contributed by atoms with Gasteiger partial charge in [0.2, 0.25) is 0 Å². The van der Waals surface area contributed by atoms with Crippen molar-refractivity contribution in [3.05, 3.63) is 65.0 Å². The van der Waals surface area contributed by atoms with Gasteiger partial charge in [-0.2, -0.15) is 0 Å². The number of nitrogens with zero attached hydrogens (tertiary/aromatic N) is 1. The zero-order valence-electron chi connectivity index (χ0n) is 13.9. The number of para-hydroxylation sites is 1. The highest BCUT2D eigenvalue weighted by Gasteiger charge is 2.44. The van der Waals surface area contributed by atoms with E-state index in [9.17, 15) is 9.18 Å². The van der Waals surface area contributed by atoms with Crippen LogP contribution in [0.4, 0.5) is 4.39 Å². The minimum absolute atomic E-state index is 0.192. The molecule has 1 spiro atoms. The molecule has 5 heteroatoms. The van der Waals surface area contributed by atoms with E-state index in [4.69, 9.17) is 9.84 Å². The summed E-state index contributed by atoms with van der Waals surface area (Å²) in [6.45, 7) is 0.744. The molecular weight excluding hydrogens is 321 g/mol. The number of aliphatic hydroxyl groups is 1. The summed E-state index contributed by atoms with van der Waals surface area (Å²) in [7, 11) is 0. The standard InChI is InChI=1S/C20H20FNO3/c21-17-11-15(5-6-16(17)12-23)19(24)22-10-9-20(13-22)8-7-14-3-1-2-4-18(14)25-20/h1-6,11,23H,7-10,12-13H2. The molecule has 0 radical (unpaired) electrons. The van der Waals surface area contributed by atoms with E-state index in [1.807, 2.05) is 18.2 Å². The second-order valence-corrected chi connectivity index (χ2v) is 6.83. The average molecular weight is 341 g/mol. The minimum atomic E-state index is -0.551. The van der Waals surface area contributed by atoms with Crippen LogP contribution in [-0.2, 0) is 13.0 Å². The first-order valence-corrected chi connectivity index (χ1v) is 8.56. The fourth-order valence-corrected chi connectivity index (χ4v) is 3.75. The Morgan fingerprint density at radius 3 is 2.88 bits per heavy atom. The number of carbonyl (C=O) groups is 1. The largest absolute Gasteiger partial charge is 0.485 e. The summed E-state index contributed by atoms with van der Waals surface area (Å²) in [4.78, 5) is 14.4. The molecule has 2 aliphatic heterocycles. The molecule has 1 amide bonds. The number of amides is 1. The maximum absolute atomic E-state index is 13.9. The molecule has 4 rings (SSSR count). The Bertz CT molecular complexity index is 822. The second kappa shape index (κ2) is 6.15. The van der Waals surface area contributed by atoms with Crippen molar-refractivity contribution in [2.45, 2.75) is 31.5 Å². The first-order valence-electron chi connectivity index (χ1n) is 8.56. The molecule has 2 aliphatic rings. The minimum Gasteiger partial charge on any atom is -0.485 e. The maximum Gasteiger partial charge on any atom is 0.254 e. The van der Waals surface area contributed by atoms with Crippen molar-refractivity contribution in [3.63, 3.8) is 0 Å². The highest BCUT2D eigenvalue weighted by Crippen LogP contribution is 2.38.